The lowest BCUT2D eigenvalue weighted by Crippen LogP contribution is -2.42. The Balaban J connectivity index is 1.42. The Labute approximate surface area is 163 Å². The maximum absolute atomic E-state index is 12.8. The zero-order chi connectivity index (χ0) is 18.4. The number of rotatable bonds is 2. The molecule has 1 amide bonds. The first kappa shape index (κ1) is 17.4. The second-order valence-corrected chi connectivity index (χ2v) is 9.53. The van der Waals surface area contributed by atoms with Gasteiger partial charge in [-0.25, -0.2) is 4.98 Å². The van der Waals surface area contributed by atoms with E-state index in [1.165, 1.54) is 36.1 Å². The standard InChI is InChI=1S/C21H27N3O2S/c25-19-17-15-9-3-4-10-16(15)27-20(17)23-18(22-19)14-8-5-11-24(12-14)21(26)13-6-1-2-7-13/h13-14H,1-12H2,(H,22,23,25). The van der Waals surface area contributed by atoms with Gasteiger partial charge in [0, 0.05) is 29.8 Å². The van der Waals surface area contributed by atoms with Crippen molar-refractivity contribution in [1.29, 1.82) is 0 Å². The Morgan fingerprint density at radius 3 is 2.74 bits per heavy atom. The SMILES string of the molecule is O=C(C1CCCC1)N1CCCC(c2nc3sc4c(c3c(=O)[nH]2)CCCC4)C1. The number of carbonyl (C=O) groups is 1. The monoisotopic (exact) mass is 385 g/mol. The first-order valence-electron chi connectivity index (χ1n) is 10.5. The number of nitrogens with one attached hydrogen (secondary N) is 1. The molecule has 5 rings (SSSR count). The molecule has 144 valence electrons. The Hall–Kier alpha value is -1.69. The molecule has 1 aliphatic heterocycles. The summed E-state index contributed by atoms with van der Waals surface area (Å²) in [5.41, 5.74) is 1.26. The molecular weight excluding hydrogens is 358 g/mol. The summed E-state index contributed by atoms with van der Waals surface area (Å²) >= 11 is 1.71. The van der Waals surface area contributed by atoms with Crippen molar-refractivity contribution in [2.75, 3.05) is 13.1 Å². The van der Waals surface area contributed by atoms with Gasteiger partial charge < -0.3 is 9.88 Å². The second-order valence-electron chi connectivity index (χ2n) is 8.45. The molecule has 2 fully saturated rings. The zero-order valence-corrected chi connectivity index (χ0v) is 16.6. The molecule has 27 heavy (non-hydrogen) atoms. The highest BCUT2D eigenvalue weighted by Gasteiger charge is 2.32. The predicted molar refractivity (Wildman–Crippen MR) is 107 cm³/mol. The number of aryl methyl sites for hydroxylation is 2. The van der Waals surface area contributed by atoms with Gasteiger partial charge in [-0.15, -0.1) is 11.3 Å². The normalized spacial score (nSPS) is 23.7. The molecule has 0 aromatic carbocycles. The molecule has 2 aliphatic carbocycles. The van der Waals surface area contributed by atoms with Gasteiger partial charge in [0.25, 0.3) is 5.56 Å². The van der Waals surface area contributed by atoms with Crippen LogP contribution >= 0.6 is 11.3 Å². The van der Waals surface area contributed by atoms with E-state index in [4.69, 9.17) is 4.98 Å². The molecule has 6 heteroatoms. The van der Waals surface area contributed by atoms with Gasteiger partial charge in [-0.05, 0) is 56.9 Å². The van der Waals surface area contributed by atoms with E-state index < -0.39 is 0 Å². The van der Waals surface area contributed by atoms with Gasteiger partial charge in [0.15, 0.2) is 0 Å². The summed E-state index contributed by atoms with van der Waals surface area (Å²) in [5.74, 6) is 1.49. The third kappa shape index (κ3) is 3.12. The highest BCUT2D eigenvalue weighted by atomic mass is 32.1. The van der Waals surface area contributed by atoms with E-state index in [-0.39, 0.29) is 17.4 Å². The third-order valence-electron chi connectivity index (χ3n) is 6.67. The van der Waals surface area contributed by atoms with Crippen molar-refractivity contribution in [3.05, 3.63) is 26.6 Å². The number of hydrogen-bond acceptors (Lipinski definition) is 4. The van der Waals surface area contributed by atoms with Crippen molar-refractivity contribution in [2.24, 2.45) is 5.92 Å². The van der Waals surface area contributed by atoms with Crippen molar-refractivity contribution in [1.82, 2.24) is 14.9 Å². The Kier molecular flexibility index (Phi) is 4.54. The van der Waals surface area contributed by atoms with Crippen molar-refractivity contribution in [3.63, 3.8) is 0 Å². The summed E-state index contributed by atoms with van der Waals surface area (Å²) in [6, 6.07) is 0. The molecule has 5 nitrogen and oxygen atoms in total. The van der Waals surface area contributed by atoms with E-state index in [1.54, 1.807) is 11.3 Å². The van der Waals surface area contributed by atoms with Crippen LogP contribution in [0.5, 0.6) is 0 Å². The molecule has 1 saturated carbocycles. The van der Waals surface area contributed by atoms with Crippen LogP contribution in [-0.4, -0.2) is 33.9 Å². The van der Waals surface area contributed by atoms with Crippen LogP contribution in [0.25, 0.3) is 10.2 Å². The summed E-state index contributed by atoms with van der Waals surface area (Å²) in [5, 5.41) is 0.827. The van der Waals surface area contributed by atoms with Crippen LogP contribution in [-0.2, 0) is 17.6 Å². The Morgan fingerprint density at radius 1 is 1.07 bits per heavy atom. The van der Waals surface area contributed by atoms with Crippen LogP contribution in [0, 0.1) is 5.92 Å². The van der Waals surface area contributed by atoms with Gasteiger partial charge in [0.05, 0.1) is 5.39 Å². The first-order chi connectivity index (χ1) is 13.2. The van der Waals surface area contributed by atoms with Crippen molar-refractivity contribution < 1.29 is 4.79 Å². The molecule has 1 atom stereocenters. The third-order valence-corrected chi connectivity index (χ3v) is 7.85. The number of nitrogens with zero attached hydrogens (tertiary/aromatic N) is 2. The minimum atomic E-state index is 0.0219. The molecule has 2 aromatic heterocycles. The largest absolute Gasteiger partial charge is 0.342 e. The van der Waals surface area contributed by atoms with Gasteiger partial charge in [-0.2, -0.15) is 0 Å². The van der Waals surface area contributed by atoms with Gasteiger partial charge in [0.2, 0.25) is 5.91 Å². The average Bonchev–Trinajstić information content (AvgIpc) is 3.35. The summed E-state index contributed by atoms with van der Waals surface area (Å²) in [6.45, 7) is 1.56. The Morgan fingerprint density at radius 2 is 1.89 bits per heavy atom. The number of amides is 1. The summed E-state index contributed by atoms with van der Waals surface area (Å²) in [7, 11) is 0. The van der Waals surface area contributed by atoms with E-state index in [0.717, 1.165) is 61.1 Å². The molecule has 2 aromatic rings. The molecule has 0 radical (unpaired) electrons. The fraction of sp³-hybridized carbons (Fsp3) is 0.667. The number of aromatic nitrogens is 2. The minimum absolute atomic E-state index is 0.0219. The Bertz CT molecular complexity index is 925. The van der Waals surface area contributed by atoms with Crippen LogP contribution in [0.3, 0.4) is 0 Å². The zero-order valence-electron chi connectivity index (χ0n) is 15.8. The maximum Gasteiger partial charge on any atom is 0.259 e. The van der Waals surface area contributed by atoms with Crippen LogP contribution in [0.1, 0.15) is 73.5 Å². The first-order valence-corrected chi connectivity index (χ1v) is 11.4. The molecule has 1 saturated heterocycles. The van der Waals surface area contributed by atoms with Gasteiger partial charge in [-0.3, -0.25) is 9.59 Å². The van der Waals surface area contributed by atoms with Crippen molar-refractivity contribution >= 4 is 27.5 Å². The molecule has 0 spiro atoms. The molecule has 1 N–H and O–H groups in total. The number of thiophene rings is 1. The topological polar surface area (TPSA) is 66.1 Å². The smallest absolute Gasteiger partial charge is 0.259 e. The number of H-pyrrole nitrogens is 1. The van der Waals surface area contributed by atoms with E-state index in [9.17, 15) is 9.59 Å². The molecule has 3 heterocycles. The second kappa shape index (κ2) is 7.04. The summed E-state index contributed by atoms with van der Waals surface area (Å²) < 4.78 is 0. The molecule has 3 aliphatic rings. The van der Waals surface area contributed by atoms with E-state index in [1.807, 2.05) is 4.90 Å². The van der Waals surface area contributed by atoms with Crippen LogP contribution in [0.4, 0.5) is 0 Å². The lowest BCUT2D eigenvalue weighted by molar-refractivity contribution is -0.136. The number of fused-ring (bicyclic) bond motifs is 3. The number of aromatic amines is 1. The van der Waals surface area contributed by atoms with Crippen LogP contribution < -0.4 is 5.56 Å². The number of hydrogen-bond donors (Lipinski definition) is 1. The molecular formula is C21H27N3O2S. The highest BCUT2D eigenvalue weighted by molar-refractivity contribution is 7.18. The predicted octanol–water partition coefficient (Wildman–Crippen LogP) is 3.76. The summed E-state index contributed by atoms with van der Waals surface area (Å²) in [6.07, 6.45) is 10.9. The number of piperidine rings is 1. The molecule has 0 bridgehead atoms. The fourth-order valence-electron chi connectivity index (χ4n) is 5.21. The number of carbonyl (C=O) groups excluding carboxylic acids is 1. The molecule has 1 unspecified atom stereocenters. The maximum atomic E-state index is 12.8. The van der Waals surface area contributed by atoms with Gasteiger partial charge in [-0.1, -0.05) is 12.8 Å². The average molecular weight is 386 g/mol. The van der Waals surface area contributed by atoms with E-state index >= 15 is 0 Å². The summed E-state index contributed by atoms with van der Waals surface area (Å²) in [4.78, 5) is 37.9. The lowest BCUT2D eigenvalue weighted by Gasteiger charge is -2.33. The van der Waals surface area contributed by atoms with Crippen molar-refractivity contribution in [2.45, 2.75) is 70.1 Å². The van der Waals surface area contributed by atoms with Crippen LogP contribution in [0.15, 0.2) is 4.79 Å². The number of likely N-dealkylation sites (tertiary alicyclic amines) is 1. The quantitative estimate of drug-likeness (QED) is 0.856. The lowest BCUT2D eigenvalue weighted by atomic mass is 9.95. The minimum Gasteiger partial charge on any atom is -0.342 e. The van der Waals surface area contributed by atoms with Crippen LogP contribution in [0.2, 0.25) is 0 Å². The van der Waals surface area contributed by atoms with Crippen molar-refractivity contribution in [3.8, 4) is 0 Å². The van der Waals surface area contributed by atoms with E-state index in [0.29, 0.717) is 12.5 Å². The highest BCUT2D eigenvalue weighted by Crippen LogP contribution is 2.35. The van der Waals surface area contributed by atoms with Gasteiger partial charge >= 0.3 is 0 Å². The van der Waals surface area contributed by atoms with Gasteiger partial charge in [0.1, 0.15) is 10.7 Å². The van der Waals surface area contributed by atoms with E-state index in [2.05, 4.69) is 4.98 Å². The fourth-order valence-corrected chi connectivity index (χ4v) is 6.47.